The zero-order valence-electron chi connectivity index (χ0n) is 23.3. The number of carbonyl (C=O) groups excluding carboxylic acids is 3. The minimum atomic E-state index is -0.341. The fourth-order valence-electron chi connectivity index (χ4n) is 9.01. The molecule has 0 heterocycles. The molecule has 0 aliphatic heterocycles. The number of carbonyl (C=O) groups is 3. The standard InChI is InChI=1S/C30H46O6/c1-17-12-13-29(5)21(14-17)15-25(35-19(3)31)28-23-10-9-22(18(2)8-11-27(33)34-7)30(23,6)26(16-24(28)29)36-20(4)32/h9,17-18,21,23-26,28H,8,10-16H2,1-7H3/t17-,18?,21+,23?,24?,25?,26+,28?,29+,30-/m1/s1. The van der Waals surface area contributed by atoms with Gasteiger partial charge in [0.15, 0.2) is 0 Å². The van der Waals surface area contributed by atoms with Crippen molar-refractivity contribution < 1.29 is 28.6 Å². The van der Waals surface area contributed by atoms with Crippen molar-refractivity contribution in [2.45, 2.75) is 105 Å². The van der Waals surface area contributed by atoms with Crippen LogP contribution in [0.25, 0.3) is 0 Å². The van der Waals surface area contributed by atoms with Crippen molar-refractivity contribution in [3.05, 3.63) is 11.6 Å². The highest BCUT2D eigenvalue weighted by Gasteiger charge is 2.65. The first-order valence-electron chi connectivity index (χ1n) is 14.0. The highest BCUT2D eigenvalue weighted by Crippen LogP contribution is 2.68. The monoisotopic (exact) mass is 502 g/mol. The maximum absolute atomic E-state index is 12.4. The lowest BCUT2D eigenvalue weighted by atomic mass is 9.42. The van der Waals surface area contributed by atoms with Crippen LogP contribution in [0.4, 0.5) is 0 Å². The summed E-state index contributed by atoms with van der Waals surface area (Å²) in [6, 6.07) is 0. The van der Waals surface area contributed by atoms with Gasteiger partial charge in [-0.1, -0.05) is 45.8 Å². The predicted octanol–water partition coefficient (Wildman–Crippen LogP) is 5.87. The molecule has 36 heavy (non-hydrogen) atoms. The Morgan fingerprint density at radius 1 is 1.06 bits per heavy atom. The van der Waals surface area contributed by atoms with Gasteiger partial charge in [0.2, 0.25) is 0 Å². The Labute approximate surface area is 216 Å². The molecule has 0 saturated heterocycles. The Bertz CT molecular complexity index is 909. The Morgan fingerprint density at radius 2 is 1.75 bits per heavy atom. The van der Waals surface area contributed by atoms with E-state index in [2.05, 4.69) is 33.8 Å². The van der Waals surface area contributed by atoms with Gasteiger partial charge in [-0.15, -0.1) is 0 Å². The van der Waals surface area contributed by atoms with Gasteiger partial charge >= 0.3 is 17.9 Å². The van der Waals surface area contributed by atoms with E-state index in [0.717, 1.165) is 19.3 Å². The Morgan fingerprint density at radius 3 is 2.39 bits per heavy atom. The number of ether oxygens (including phenoxy) is 3. The molecule has 5 unspecified atom stereocenters. The molecule has 0 aromatic carbocycles. The summed E-state index contributed by atoms with van der Waals surface area (Å²) >= 11 is 0. The molecular weight excluding hydrogens is 456 g/mol. The van der Waals surface area contributed by atoms with E-state index in [0.29, 0.717) is 30.6 Å². The van der Waals surface area contributed by atoms with E-state index in [-0.39, 0.29) is 58.7 Å². The lowest BCUT2D eigenvalue weighted by Gasteiger charge is -2.64. The summed E-state index contributed by atoms with van der Waals surface area (Å²) in [4.78, 5) is 36.5. The van der Waals surface area contributed by atoms with Gasteiger partial charge in [-0.2, -0.15) is 0 Å². The van der Waals surface area contributed by atoms with Gasteiger partial charge in [0.1, 0.15) is 12.2 Å². The van der Waals surface area contributed by atoms with Crippen LogP contribution in [-0.4, -0.2) is 37.2 Å². The average molecular weight is 503 g/mol. The number of allylic oxidation sites excluding steroid dienone is 1. The lowest BCUT2D eigenvalue weighted by Crippen LogP contribution is -2.62. The van der Waals surface area contributed by atoms with Crippen LogP contribution in [-0.2, 0) is 28.6 Å². The molecule has 0 N–H and O–H groups in total. The SMILES string of the molecule is COC(=O)CCC(C)C1=CCC2C3C(OC(C)=O)C[C@@H]4C[C@H](C)CC[C@]4(C)C3C[C@H](OC(C)=O)[C@]12C. The molecule has 202 valence electrons. The van der Waals surface area contributed by atoms with E-state index < -0.39 is 0 Å². The molecule has 0 bridgehead atoms. The average Bonchev–Trinajstić information content (AvgIpc) is 3.16. The minimum Gasteiger partial charge on any atom is -0.469 e. The topological polar surface area (TPSA) is 78.9 Å². The Kier molecular flexibility index (Phi) is 7.65. The van der Waals surface area contributed by atoms with Crippen molar-refractivity contribution in [3.8, 4) is 0 Å². The Hall–Kier alpha value is -1.85. The maximum Gasteiger partial charge on any atom is 0.305 e. The summed E-state index contributed by atoms with van der Waals surface area (Å²) in [5, 5.41) is 0. The number of hydrogen-bond acceptors (Lipinski definition) is 6. The second-order valence-corrected chi connectivity index (χ2v) is 12.8. The molecule has 10 atom stereocenters. The molecule has 6 heteroatoms. The molecule has 0 amide bonds. The number of methoxy groups -OCH3 is 1. The van der Waals surface area contributed by atoms with Gasteiger partial charge < -0.3 is 14.2 Å². The number of fused-ring (bicyclic) bond motifs is 5. The molecule has 3 fully saturated rings. The zero-order chi connectivity index (χ0) is 26.4. The zero-order valence-corrected chi connectivity index (χ0v) is 23.3. The normalized spacial score (nSPS) is 42.2. The van der Waals surface area contributed by atoms with E-state index in [1.807, 2.05) is 0 Å². The van der Waals surface area contributed by atoms with Gasteiger partial charge in [0.25, 0.3) is 0 Å². The molecule has 0 aromatic heterocycles. The molecular formula is C30H46O6. The van der Waals surface area contributed by atoms with Crippen molar-refractivity contribution >= 4 is 17.9 Å². The van der Waals surface area contributed by atoms with Gasteiger partial charge in [-0.05, 0) is 73.5 Å². The molecule has 0 spiro atoms. The fraction of sp³-hybridized carbons (Fsp3) is 0.833. The summed E-state index contributed by atoms with van der Waals surface area (Å²) in [5.41, 5.74) is 1.10. The summed E-state index contributed by atoms with van der Waals surface area (Å²) in [6.07, 6.45) is 9.29. The van der Waals surface area contributed by atoms with Gasteiger partial charge in [-0.3, -0.25) is 14.4 Å². The quantitative estimate of drug-likeness (QED) is 0.257. The summed E-state index contributed by atoms with van der Waals surface area (Å²) in [6.45, 7) is 12.3. The lowest BCUT2D eigenvalue weighted by molar-refractivity contribution is -0.211. The molecule has 4 aliphatic carbocycles. The van der Waals surface area contributed by atoms with Crippen molar-refractivity contribution in [1.29, 1.82) is 0 Å². The van der Waals surface area contributed by atoms with Gasteiger partial charge in [-0.25, -0.2) is 0 Å². The highest BCUT2D eigenvalue weighted by molar-refractivity contribution is 5.69. The van der Waals surface area contributed by atoms with Gasteiger partial charge in [0, 0.05) is 31.6 Å². The maximum atomic E-state index is 12.4. The number of rotatable bonds is 6. The third kappa shape index (κ3) is 4.62. The van der Waals surface area contributed by atoms with Crippen LogP contribution < -0.4 is 0 Å². The van der Waals surface area contributed by atoms with Gasteiger partial charge in [0.05, 0.1) is 7.11 Å². The van der Waals surface area contributed by atoms with Crippen LogP contribution in [0.15, 0.2) is 11.6 Å². The largest absolute Gasteiger partial charge is 0.469 e. The second kappa shape index (κ2) is 10.1. The van der Waals surface area contributed by atoms with E-state index >= 15 is 0 Å². The third-order valence-corrected chi connectivity index (χ3v) is 10.8. The minimum absolute atomic E-state index is 0.100. The first kappa shape index (κ1) is 27.2. The smallest absolute Gasteiger partial charge is 0.305 e. The van der Waals surface area contributed by atoms with Crippen LogP contribution in [0.3, 0.4) is 0 Å². The van der Waals surface area contributed by atoms with Crippen molar-refractivity contribution in [2.24, 2.45) is 46.3 Å². The summed E-state index contributed by atoms with van der Waals surface area (Å²) in [5.74, 6) is 1.55. The Balaban J connectivity index is 1.72. The molecule has 0 radical (unpaired) electrons. The first-order chi connectivity index (χ1) is 16.9. The summed E-state index contributed by atoms with van der Waals surface area (Å²) in [7, 11) is 1.43. The van der Waals surface area contributed by atoms with Crippen molar-refractivity contribution in [1.82, 2.24) is 0 Å². The van der Waals surface area contributed by atoms with E-state index in [9.17, 15) is 14.4 Å². The third-order valence-electron chi connectivity index (χ3n) is 10.8. The highest BCUT2D eigenvalue weighted by atomic mass is 16.5. The van der Waals surface area contributed by atoms with Crippen LogP contribution >= 0.6 is 0 Å². The molecule has 4 aliphatic rings. The van der Waals surface area contributed by atoms with E-state index in [1.165, 1.54) is 45.8 Å². The summed E-state index contributed by atoms with van der Waals surface area (Å²) < 4.78 is 17.2. The molecule has 4 rings (SSSR count). The molecule has 6 nitrogen and oxygen atoms in total. The number of hydrogen-bond donors (Lipinski definition) is 0. The van der Waals surface area contributed by atoms with Crippen molar-refractivity contribution in [2.75, 3.05) is 7.11 Å². The molecule has 3 saturated carbocycles. The second-order valence-electron chi connectivity index (χ2n) is 12.8. The fourth-order valence-corrected chi connectivity index (χ4v) is 9.01. The number of esters is 3. The van der Waals surface area contributed by atoms with Crippen LogP contribution in [0, 0.1) is 46.3 Å². The van der Waals surface area contributed by atoms with Crippen LogP contribution in [0.5, 0.6) is 0 Å². The van der Waals surface area contributed by atoms with Crippen LogP contribution in [0.1, 0.15) is 92.9 Å². The predicted molar refractivity (Wildman–Crippen MR) is 137 cm³/mol. The van der Waals surface area contributed by atoms with Crippen molar-refractivity contribution in [3.63, 3.8) is 0 Å². The first-order valence-corrected chi connectivity index (χ1v) is 14.0. The van der Waals surface area contributed by atoms with E-state index in [1.54, 1.807) is 0 Å². The van der Waals surface area contributed by atoms with E-state index in [4.69, 9.17) is 14.2 Å². The van der Waals surface area contributed by atoms with Crippen LogP contribution in [0.2, 0.25) is 0 Å². The molecule has 0 aromatic rings.